The summed E-state index contributed by atoms with van der Waals surface area (Å²) in [5.74, 6) is -0.883. The molecule has 5 heteroatoms. The van der Waals surface area contributed by atoms with Crippen molar-refractivity contribution in [2.75, 3.05) is 6.26 Å². The van der Waals surface area contributed by atoms with Crippen molar-refractivity contribution in [2.45, 2.75) is 31.6 Å². The molecule has 1 aromatic carbocycles. The summed E-state index contributed by atoms with van der Waals surface area (Å²) < 4.78 is 22.9. The maximum absolute atomic E-state index is 11.5. The van der Waals surface area contributed by atoms with Crippen LogP contribution in [0.5, 0.6) is 0 Å². The molecule has 0 unspecified atom stereocenters. The maximum atomic E-state index is 11.5. The Morgan fingerprint density at radius 3 is 2.35 bits per heavy atom. The van der Waals surface area contributed by atoms with Crippen molar-refractivity contribution in [1.29, 1.82) is 0 Å². The minimum atomic E-state index is -3.25. The van der Waals surface area contributed by atoms with Gasteiger partial charge in [0.1, 0.15) is 0 Å². The molecule has 17 heavy (non-hydrogen) atoms. The number of carboxylic acids is 1. The molecule has 0 aliphatic carbocycles. The van der Waals surface area contributed by atoms with Crippen LogP contribution in [0.1, 0.15) is 23.1 Å². The normalized spacial score (nSPS) is 11.5. The molecule has 0 spiro atoms. The third kappa shape index (κ3) is 3.56. The van der Waals surface area contributed by atoms with E-state index in [1.807, 2.05) is 13.8 Å². The molecule has 1 rings (SSSR count). The highest BCUT2D eigenvalue weighted by Gasteiger charge is 2.12. The largest absolute Gasteiger partial charge is 0.481 e. The lowest BCUT2D eigenvalue weighted by Gasteiger charge is -2.10. The number of benzene rings is 1. The Morgan fingerprint density at radius 1 is 1.29 bits per heavy atom. The molecule has 0 saturated heterocycles. The summed E-state index contributed by atoms with van der Waals surface area (Å²) in [7, 11) is -3.25. The zero-order valence-electron chi connectivity index (χ0n) is 10.1. The van der Waals surface area contributed by atoms with Crippen LogP contribution in [0, 0.1) is 13.8 Å². The number of hydrogen-bond donors (Lipinski definition) is 1. The van der Waals surface area contributed by atoms with Gasteiger partial charge >= 0.3 is 5.97 Å². The van der Waals surface area contributed by atoms with Crippen LogP contribution in [0.25, 0.3) is 0 Å². The number of carbonyl (C=O) groups is 1. The average molecular weight is 256 g/mol. The van der Waals surface area contributed by atoms with Gasteiger partial charge < -0.3 is 5.11 Å². The molecule has 0 aromatic heterocycles. The third-order valence-electron chi connectivity index (χ3n) is 2.78. The van der Waals surface area contributed by atoms with Gasteiger partial charge in [0.15, 0.2) is 9.84 Å². The second-order valence-corrected chi connectivity index (χ2v) is 6.21. The quantitative estimate of drug-likeness (QED) is 0.890. The Kier molecular flexibility index (Phi) is 3.93. The molecule has 0 saturated carbocycles. The first-order valence-electron chi connectivity index (χ1n) is 5.24. The Morgan fingerprint density at radius 2 is 1.88 bits per heavy atom. The smallest absolute Gasteiger partial charge is 0.303 e. The molecule has 0 atom stereocenters. The van der Waals surface area contributed by atoms with Gasteiger partial charge in [0.2, 0.25) is 0 Å². The zero-order valence-corrected chi connectivity index (χ0v) is 11.0. The predicted molar refractivity (Wildman–Crippen MR) is 65.0 cm³/mol. The van der Waals surface area contributed by atoms with Crippen LogP contribution in [-0.2, 0) is 21.1 Å². The van der Waals surface area contributed by atoms with Gasteiger partial charge in [-0.3, -0.25) is 4.79 Å². The highest BCUT2D eigenvalue weighted by Crippen LogP contribution is 2.21. The summed E-state index contributed by atoms with van der Waals surface area (Å²) >= 11 is 0. The summed E-state index contributed by atoms with van der Waals surface area (Å²) in [5, 5.41) is 8.65. The second kappa shape index (κ2) is 4.87. The fourth-order valence-corrected chi connectivity index (χ4v) is 2.36. The first-order chi connectivity index (χ1) is 7.71. The average Bonchev–Trinajstić information content (AvgIpc) is 2.18. The van der Waals surface area contributed by atoms with Gasteiger partial charge in [-0.15, -0.1) is 0 Å². The van der Waals surface area contributed by atoms with Crippen molar-refractivity contribution in [3.63, 3.8) is 0 Å². The van der Waals surface area contributed by atoms with E-state index in [1.165, 1.54) is 0 Å². The zero-order chi connectivity index (χ0) is 13.2. The Hall–Kier alpha value is -1.36. The van der Waals surface area contributed by atoms with Gasteiger partial charge in [0.25, 0.3) is 0 Å². The predicted octanol–water partition coefficient (Wildman–Crippen LogP) is 1.72. The topological polar surface area (TPSA) is 71.4 Å². The monoisotopic (exact) mass is 256 g/mol. The van der Waals surface area contributed by atoms with Crippen molar-refractivity contribution < 1.29 is 18.3 Å². The molecule has 1 aromatic rings. The fourth-order valence-electron chi connectivity index (χ4n) is 1.61. The van der Waals surface area contributed by atoms with Crippen molar-refractivity contribution in [3.8, 4) is 0 Å². The molecule has 1 N–H and O–H groups in total. The fraction of sp³-hybridized carbons (Fsp3) is 0.417. The lowest BCUT2D eigenvalue weighted by atomic mass is 10.00. The van der Waals surface area contributed by atoms with E-state index >= 15 is 0 Å². The molecule has 0 bridgehead atoms. The van der Waals surface area contributed by atoms with Gasteiger partial charge in [-0.05, 0) is 49.1 Å². The highest BCUT2D eigenvalue weighted by molar-refractivity contribution is 7.90. The van der Waals surface area contributed by atoms with Crippen LogP contribution in [0.2, 0.25) is 0 Å². The van der Waals surface area contributed by atoms with Crippen LogP contribution in [-0.4, -0.2) is 25.7 Å². The minimum Gasteiger partial charge on any atom is -0.481 e. The molecule has 94 valence electrons. The summed E-state index contributed by atoms with van der Waals surface area (Å²) in [6.45, 7) is 3.70. The molecule has 0 amide bonds. The van der Waals surface area contributed by atoms with E-state index in [0.717, 1.165) is 22.9 Å². The number of aryl methyl sites for hydroxylation is 2. The molecule has 0 radical (unpaired) electrons. The second-order valence-electron chi connectivity index (χ2n) is 4.19. The number of carboxylic acid groups (broad SMARTS) is 1. The number of aliphatic carboxylic acids is 1. The van der Waals surface area contributed by atoms with E-state index in [0.29, 0.717) is 6.42 Å². The lowest BCUT2D eigenvalue weighted by Crippen LogP contribution is -2.04. The van der Waals surface area contributed by atoms with Gasteiger partial charge in [0.05, 0.1) is 4.90 Å². The van der Waals surface area contributed by atoms with E-state index in [1.54, 1.807) is 12.1 Å². The minimum absolute atomic E-state index is 0.00744. The summed E-state index contributed by atoms with van der Waals surface area (Å²) in [6.07, 6.45) is 1.51. The molecule has 0 fully saturated rings. The Labute approximate surface area is 101 Å². The van der Waals surface area contributed by atoms with Crippen LogP contribution in [0.15, 0.2) is 17.0 Å². The highest BCUT2D eigenvalue weighted by atomic mass is 32.2. The van der Waals surface area contributed by atoms with E-state index in [2.05, 4.69) is 0 Å². The van der Waals surface area contributed by atoms with E-state index in [9.17, 15) is 13.2 Å². The molecule has 0 aliphatic heterocycles. The maximum Gasteiger partial charge on any atom is 0.303 e. The van der Waals surface area contributed by atoms with E-state index < -0.39 is 15.8 Å². The van der Waals surface area contributed by atoms with E-state index in [-0.39, 0.29) is 11.3 Å². The molecular formula is C12H16O4S. The summed E-state index contributed by atoms with van der Waals surface area (Å²) in [4.78, 5) is 10.8. The molecule has 0 aliphatic rings. The van der Waals surface area contributed by atoms with Crippen molar-refractivity contribution in [3.05, 3.63) is 28.8 Å². The van der Waals surface area contributed by atoms with Crippen LogP contribution in [0.3, 0.4) is 0 Å². The molecule has 0 heterocycles. The standard InChI is InChI=1S/C12H16O4S/c1-8-6-11(17(3,15)16)7-10(9(8)2)4-5-12(13)14/h6-7H,4-5H2,1-3H3,(H,13,14). The van der Waals surface area contributed by atoms with Crippen molar-refractivity contribution in [2.24, 2.45) is 0 Å². The molecule has 4 nitrogen and oxygen atoms in total. The number of sulfone groups is 1. The first kappa shape index (κ1) is 13.7. The van der Waals surface area contributed by atoms with Crippen LogP contribution < -0.4 is 0 Å². The van der Waals surface area contributed by atoms with Gasteiger partial charge in [-0.2, -0.15) is 0 Å². The van der Waals surface area contributed by atoms with Gasteiger partial charge in [-0.1, -0.05) is 0 Å². The number of rotatable bonds is 4. The van der Waals surface area contributed by atoms with Gasteiger partial charge in [-0.25, -0.2) is 8.42 Å². The van der Waals surface area contributed by atoms with E-state index in [4.69, 9.17) is 5.11 Å². The van der Waals surface area contributed by atoms with Gasteiger partial charge in [0, 0.05) is 12.7 Å². The Bertz CT molecular complexity index is 544. The number of hydrogen-bond acceptors (Lipinski definition) is 3. The lowest BCUT2D eigenvalue weighted by molar-refractivity contribution is -0.136. The summed E-state index contributed by atoms with van der Waals surface area (Å²) in [6, 6.07) is 3.19. The molecular weight excluding hydrogens is 240 g/mol. The summed E-state index contributed by atoms with van der Waals surface area (Å²) in [5.41, 5.74) is 2.61. The van der Waals surface area contributed by atoms with Crippen molar-refractivity contribution >= 4 is 15.8 Å². The van der Waals surface area contributed by atoms with Crippen molar-refractivity contribution in [1.82, 2.24) is 0 Å². The van der Waals surface area contributed by atoms with Crippen LogP contribution in [0.4, 0.5) is 0 Å². The first-order valence-corrected chi connectivity index (χ1v) is 7.13. The SMILES string of the molecule is Cc1cc(S(C)(=O)=O)cc(CCC(=O)O)c1C. The Balaban J connectivity index is 3.21. The van der Waals surface area contributed by atoms with Crippen LogP contribution >= 0.6 is 0 Å². The third-order valence-corrected chi connectivity index (χ3v) is 3.88.